The topological polar surface area (TPSA) is 65.0 Å². The molecule has 2 aliphatic heterocycles. The summed E-state index contributed by atoms with van der Waals surface area (Å²) in [6, 6.07) is 6.04. The van der Waals surface area contributed by atoms with E-state index < -0.39 is 14.6 Å². The first-order valence-electron chi connectivity index (χ1n) is 10.4. The number of nitrogens with one attached hydrogen (secondary N) is 1. The van der Waals surface area contributed by atoms with Crippen molar-refractivity contribution in [1.82, 2.24) is 10.2 Å². The van der Waals surface area contributed by atoms with Gasteiger partial charge in [-0.15, -0.1) is 0 Å². The largest absolute Gasteiger partial charge is 0.371 e. The average Bonchev–Trinajstić information content (AvgIpc) is 3.12. The van der Waals surface area contributed by atoms with Crippen molar-refractivity contribution in [2.24, 2.45) is 10.9 Å². The Balaban J connectivity index is 1.66. The molecule has 1 N–H and O–H groups in total. The first kappa shape index (κ1) is 22.2. The molecule has 0 radical (unpaired) electrons. The number of benzene rings is 1. The summed E-state index contributed by atoms with van der Waals surface area (Å²) in [7, 11) is -3.06. The highest BCUT2D eigenvalue weighted by Gasteiger charge is 2.41. The Morgan fingerprint density at radius 2 is 2.10 bits per heavy atom. The summed E-state index contributed by atoms with van der Waals surface area (Å²) < 4.78 is 23.9. The van der Waals surface area contributed by atoms with Crippen LogP contribution in [0.4, 0.5) is 5.69 Å². The number of hydrogen-bond donors (Lipinski definition) is 1. The third-order valence-electron chi connectivity index (χ3n) is 5.97. The van der Waals surface area contributed by atoms with Crippen molar-refractivity contribution >= 4 is 33.1 Å². The van der Waals surface area contributed by atoms with Crippen LogP contribution in [0, 0.1) is 12.8 Å². The molecule has 0 aromatic heterocycles. The minimum atomic E-state index is -3.06. The van der Waals surface area contributed by atoms with Crippen molar-refractivity contribution in [3.05, 3.63) is 28.8 Å². The van der Waals surface area contributed by atoms with E-state index in [0.29, 0.717) is 19.0 Å². The molecule has 0 aliphatic carbocycles. The predicted octanol–water partition coefficient (Wildman–Crippen LogP) is 2.95. The van der Waals surface area contributed by atoms with E-state index in [2.05, 4.69) is 28.1 Å². The highest BCUT2D eigenvalue weighted by atomic mass is 35.5. The Bertz CT molecular complexity index is 869. The fourth-order valence-corrected chi connectivity index (χ4v) is 5.62. The first-order chi connectivity index (χ1) is 13.6. The molecular formula is C21H33ClN4O2S. The van der Waals surface area contributed by atoms with E-state index in [0.717, 1.165) is 43.6 Å². The monoisotopic (exact) mass is 440 g/mol. The van der Waals surface area contributed by atoms with Crippen molar-refractivity contribution in [3.63, 3.8) is 0 Å². The first-order valence-corrected chi connectivity index (χ1v) is 12.4. The lowest BCUT2D eigenvalue weighted by Crippen LogP contribution is -2.57. The predicted molar refractivity (Wildman–Crippen MR) is 122 cm³/mol. The minimum absolute atomic E-state index is 0.176. The van der Waals surface area contributed by atoms with Gasteiger partial charge in [0.05, 0.1) is 10.5 Å². The zero-order chi connectivity index (χ0) is 21.2. The van der Waals surface area contributed by atoms with E-state index in [4.69, 9.17) is 16.6 Å². The highest BCUT2D eigenvalue weighted by Crippen LogP contribution is 2.29. The Kier molecular flexibility index (Phi) is 6.68. The number of hydrogen-bond acceptors (Lipinski definition) is 4. The third kappa shape index (κ3) is 5.00. The smallest absolute Gasteiger partial charge is 0.194 e. The zero-order valence-corrected chi connectivity index (χ0v) is 19.5. The number of rotatable bonds is 4. The number of aliphatic imine (C=N–C) groups is 1. The molecule has 6 nitrogen and oxygen atoms in total. The van der Waals surface area contributed by atoms with Gasteiger partial charge in [-0.2, -0.15) is 0 Å². The van der Waals surface area contributed by atoms with Gasteiger partial charge in [0.2, 0.25) is 0 Å². The Labute approximate surface area is 180 Å². The second-order valence-electron chi connectivity index (χ2n) is 8.73. The van der Waals surface area contributed by atoms with Gasteiger partial charge in [-0.05, 0) is 57.7 Å². The lowest BCUT2D eigenvalue weighted by Gasteiger charge is -2.39. The van der Waals surface area contributed by atoms with Crippen LogP contribution >= 0.6 is 11.6 Å². The number of guanidine groups is 1. The fourth-order valence-electron chi connectivity index (χ4n) is 4.09. The SMILES string of the molecule is CCNC(=NCC1CCN(c2cc(Cl)ccc2C)C1)N1CCS(=O)(=O)C(C)(C)C1. The number of halogens is 1. The fraction of sp³-hybridized carbons (Fsp3) is 0.667. The minimum Gasteiger partial charge on any atom is -0.371 e. The van der Waals surface area contributed by atoms with Gasteiger partial charge >= 0.3 is 0 Å². The summed E-state index contributed by atoms with van der Waals surface area (Å²) >= 11 is 6.19. The molecule has 162 valence electrons. The quantitative estimate of drug-likeness (QED) is 0.576. The number of anilines is 1. The number of sulfone groups is 1. The Morgan fingerprint density at radius 3 is 2.79 bits per heavy atom. The molecule has 2 saturated heterocycles. The molecule has 3 rings (SSSR count). The molecule has 29 heavy (non-hydrogen) atoms. The summed E-state index contributed by atoms with van der Waals surface area (Å²) in [5.41, 5.74) is 2.45. The zero-order valence-electron chi connectivity index (χ0n) is 17.9. The van der Waals surface area contributed by atoms with Gasteiger partial charge in [-0.3, -0.25) is 4.99 Å². The Morgan fingerprint density at radius 1 is 1.34 bits per heavy atom. The lowest BCUT2D eigenvalue weighted by molar-refractivity contribution is 0.352. The molecule has 2 aliphatic rings. The van der Waals surface area contributed by atoms with Crippen LogP contribution in [-0.4, -0.2) is 69.0 Å². The summed E-state index contributed by atoms with van der Waals surface area (Å²) in [6.45, 7) is 12.2. The molecule has 0 bridgehead atoms. The maximum Gasteiger partial charge on any atom is 0.194 e. The van der Waals surface area contributed by atoms with Crippen LogP contribution < -0.4 is 10.2 Å². The molecule has 1 aromatic rings. The second kappa shape index (κ2) is 8.72. The van der Waals surface area contributed by atoms with Crippen LogP contribution in [0.15, 0.2) is 23.2 Å². The van der Waals surface area contributed by atoms with Gasteiger partial charge in [0.1, 0.15) is 0 Å². The van der Waals surface area contributed by atoms with Gasteiger partial charge in [0, 0.05) is 50.0 Å². The molecule has 2 heterocycles. The molecule has 1 atom stereocenters. The van der Waals surface area contributed by atoms with Crippen LogP contribution in [0.25, 0.3) is 0 Å². The summed E-state index contributed by atoms with van der Waals surface area (Å²) in [5, 5.41) is 4.12. The van der Waals surface area contributed by atoms with Crippen LogP contribution in [0.5, 0.6) is 0 Å². The van der Waals surface area contributed by atoms with Crippen LogP contribution in [-0.2, 0) is 9.84 Å². The van der Waals surface area contributed by atoms with E-state index in [9.17, 15) is 8.42 Å². The average molecular weight is 441 g/mol. The summed E-state index contributed by atoms with van der Waals surface area (Å²) in [4.78, 5) is 9.37. The van der Waals surface area contributed by atoms with Crippen molar-refractivity contribution in [2.75, 3.05) is 49.9 Å². The molecule has 2 fully saturated rings. The summed E-state index contributed by atoms with van der Waals surface area (Å²) in [6.07, 6.45) is 1.09. The molecule has 0 saturated carbocycles. The summed E-state index contributed by atoms with van der Waals surface area (Å²) in [5.74, 6) is 1.48. The maximum absolute atomic E-state index is 12.3. The van der Waals surface area contributed by atoms with Crippen molar-refractivity contribution in [3.8, 4) is 0 Å². The lowest BCUT2D eigenvalue weighted by atomic mass is 10.1. The van der Waals surface area contributed by atoms with E-state index in [1.54, 1.807) is 13.8 Å². The molecule has 8 heteroatoms. The number of nitrogens with zero attached hydrogens (tertiary/aromatic N) is 3. The maximum atomic E-state index is 12.3. The van der Waals surface area contributed by atoms with Gasteiger partial charge in [0.25, 0.3) is 0 Å². The van der Waals surface area contributed by atoms with Crippen molar-refractivity contribution in [1.29, 1.82) is 0 Å². The highest BCUT2D eigenvalue weighted by molar-refractivity contribution is 7.92. The van der Waals surface area contributed by atoms with Crippen LogP contribution in [0.2, 0.25) is 5.02 Å². The molecule has 1 aromatic carbocycles. The van der Waals surface area contributed by atoms with Crippen molar-refractivity contribution < 1.29 is 8.42 Å². The molecule has 0 spiro atoms. The van der Waals surface area contributed by atoms with Gasteiger partial charge < -0.3 is 15.1 Å². The van der Waals surface area contributed by atoms with Crippen LogP contribution in [0.1, 0.15) is 32.8 Å². The van der Waals surface area contributed by atoms with E-state index in [1.807, 2.05) is 19.1 Å². The third-order valence-corrected chi connectivity index (χ3v) is 8.74. The molecule has 0 amide bonds. The Hall–Kier alpha value is -1.47. The molecular weight excluding hydrogens is 408 g/mol. The standard InChI is InChI=1S/C21H33ClN4O2S/c1-5-23-20(26-10-11-29(27,28)21(3,4)15-26)24-13-17-8-9-25(14-17)19-12-18(22)7-6-16(19)2/h6-7,12,17H,5,8-11,13-15H2,1-4H3,(H,23,24). The van der Waals surface area contributed by atoms with E-state index in [-0.39, 0.29) is 5.75 Å². The second-order valence-corrected chi connectivity index (χ2v) is 11.9. The normalized spacial score (nSPS) is 24.0. The van der Waals surface area contributed by atoms with Gasteiger partial charge in [-0.1, -0.05) is 17.7 Å². The van der Waals surface area contributed by atoms with Gasteiger partial charge in [0.15, 0.2) is 15.8 Å². The molecule has 1 unspecified atom stereocenters. The van der Waals surface area contributed by atoms with E-state index in [1.165, 1.54) is 11.3 Å². The van der Waals surface area contributed by atoms with Gasteiger partial charge in [-0.25, -0.2) is 8.42 Å². The van der Waals surface area contributed by atoms with E-state index >= 15 is 0 Å². The van der Waals surface area contributed by atoms with Crippen LogP contribution in [0.3, 0.4) is 0 Å². The van der Waals surface area contributed by atoms with Crippen molar-refractivity contribution in [2.45, 2.75) is 38.9 Å². The number of aryl methyl sites for hydroxylation is 1.